The van der Waals surface area contributed by atoms with Gasteiger partial charge in [0.1, 0.15) is 0 Å². The van der Waals surface area contributed by atoms with Gasteiger partial charge < -0.3 is 5.32 Å². The van der Waals surface area contributed by atoms with Gasteiger partial charge in [-0.1, -0.05) is 20.3 Å². The molecule has 5 unspecified atom stereocenters. The quantitative estimate of drug-likeness (QED) is 0.732. The van der Waals surface area contributed by atoms with Gasteiger partial charge in [-0.15, -0.1) is 0 Å². The van der Waals surface area contributed by atoms with Crippen LogP contribution in [0.25, 0.3) is 0 Å². The van der Waals surface area contributed by atoms with Crippen LogP contribution in [0.15, 0.2) is 0 Å². The van der Waals surface area contributed by atoms with Gasteiger partial charge in [0.15, 0.2) is 0 Å². The maximum Gasteiger partial charge on any atom is -0.00236 e. The third kappa shape index (κ3) is 2.55. The van der Waals surface area contributed by atoms with Gasteiger partial charge in [-0.3, -0.25) is 0 Å². The van der Waals surface area contributed by atoms with Gasteiger partial charge in [-0.05, 0) is 68.9 Å². The summed E-state index contributed by atoms with van der Waals surface area (Å²) < 4.78 is 0. The second-order valence-electron chi connectivity index (χ2n) is 6.18. The zero-order chi connectivity index (χ0) is 10.8. The summed E-state index contributed by atoms with van der Waals surface area (Å²) in [6, 6.07) is 0. The minimum atomic E-state index is 0.842. The van der Waals surface area contributed by atoms with Crippen LogP contribution in [0.3, 0.4) is 0 Å². The van der Waals surface area contributed by atoms with E-state index in [4.69, 9.17) is 0 Å². The monoisotopic (exact) mass is 209 g/mol. The first-order chi connectivity index (χ1) is 7.20. The Kier molecular flexibility index (Phi) is 3.71. The lowest BCUT2D eigenvalue weighted by Crippen LogP contribution is -2.24. The molecular formula is C14H27N. The van der Waals surface area contributed by atoms with Crippen LogP contribution in [0.4, 0.5) is 0 Å². The van der Waals surface area contributed by atoms with Crippen molar-refractivity contribution in [3.05, 3.63) is 0 Å². The topological polar surface area (TPSA) is 12.0 Å². The van der Waals surface area contributed by atoms with Crippen molar-refractivity contribution in [2.24, 2.45) is 29.6 Å². The molecule has 2 aliphatic rings. The highest BCUT2D eigenvalue weighted by Crippen LogP contribution is 2.50. The SMILES string of the molecule is CNCC(C)C(C)CC1CC2CCC1C2. The summed E-state index contributed by atoms with van der Waals surface area (Å²) in [4.78, 5) is 0. The summed E-state index contributed by atoms with van der Waals surface area (Å²) in [5, 5.41) is 3.31. The fraction of sp³-hybridized carbons (Fsp3) is 1.00. The average Bonchev–Trinajstić information content (AvgIpc) is 2.79. The minimum Gasteiger partial charge on any atom is -0.319 e. The molecule has 0 amide bonds. The highest BCUT2D eigenvalue weighted by Gasteiger charge is 2.39. The van der Waals surface area contributed by atoms with Crippen molar-refractivity contribution in [2.75, 3.05) is 13.6 Å². The van der Waals surface area contributed by atoms with Crippen LogP contribution in [0.5, 0.6) is 0 Å². The molecule has 0 aromatic rings. The van der Waals surface area contributed by atoms with Crippen molar-refractivity contribution >= 4 is 0 Å². The van der Waals surface area contributed by atoms with Crippen molar-refractivity contribution in [3.63, 3.8) is 0 Å². The van der Waals surface area contributed by atoms with Crippen LogP contribution in [0.2, 0.25) is 0 Å². The normalized spacial score (nSPS) is 38.2. The molecule has 0 spiro atoms. The van der Waals surface area contributed by atoms with Crippen molar-refractivity contribution < 1.29 is 0 Å². The molecule has 88 valence electrons. The van der Waals surface area contributed by atoms with Gasteiger partial charge in [0, 0.05) is 0 Å². The molecule has 5 atom stereocenters. The Balaban J connectivity index is 1.77. The van der Waals surface area contributed by atoms with Gasteiger partial charge in [0.05, 0.1) is 0 Å². The first-order valence-electron chi connectivity index (χ1n) is 6.85. The van der Waals surface area contributed by atoms with Crippen LogP contribution in [0, 0.1) is 29.6 Å². The molecule has 0 heterocycles. The Labute approximate surface area is 95.0 Å². The van der Waals surface area contributed by atoms with Gasteiger partial charge in [0.2, 0.25) is 0 Å². The molecule has 0 saturated heterocycles. The van der Waals surface area contributed by atoms with E-state index in [0.717, 1.165) is 29.6 Å². The molecule has 0 aromatic heterocycles. The maximum absolute atomic E-state index is 3.31. The van der Waals surface area contributed by atoms with E-state index in [0.29, 0.717) is 0 Å². The molecule has 0 aliphatic heterocycles. The molecule has 0 radical (unpaired) electrons. The third-order valence-corrected chi connectivity index (χ3v) is 5.06. The van der Waals surface area contributed by atoms with Gasteiger partial charge in [0.25, 0.3) is 0 Å². The number of rotatable bonds is 5. The van der Waals surface area contributed by atoms with Crippen molar-refractivity contribution in [1.82, 2.24) is 5.32 Å². The zero-order valence-corrected chi connectivity index (χ0v) is 10.6. The number of fused-ring (bicyclic) bond motifs is 2. The highest BCUT2D eigenvalue weighted by atomic mass is 14.8. The van der Waals surface area contributed by atoms with Crippen LogP contribution in [-0.2, 0) is 0 Å². The van der Waals surface area contributed by atoms with E-state index in [1.165, 1.54) is 13.0 Å². The Morgan fingerprint density at radius 2 is 1.93 bits per heavy atom. The van der Waals surface area contributed by atoms with Crippen LogP contribution in [-0.4, -0.2) is 13.6 Å². The lowest BCUT2D eigenvalue weighted by Gasteiger charge is -2.28. The first kappa shape index (κ1) is 11.4. The molecule has 1 N–H and O–H groups in total. The number of hydrogen-bond donors (Lipinski definition) is 1. The van der Waals surface area contributed by atoms with Crippen LogP contribution >= 0.6 is 0 Å². The second-order valence-corrected chi connectivity index (χ2v) is 6.18. The van der Waals surface area contributed by atoms with E-state index in [2.05, 4.69) is 26.2 Å². The van der Waals surface area contributed by atoms with Crippen LogP contribution < -0.4 is 5.32 Å². The first-order valence-corrected chi connectivity index (χ1v) is 6.85. The Morgan fingerprint density at radius 1 is 1.13 bits per heavy atom. The van der Waals surface area contributed by atoms with E-state index in [-0.39, 0.29) is 0 Å². The summed E-state index contributed by atoms with van der Waals surface area (Å²) >= 11 is 0. The molecule has 15 heavy (non-hydrogen) atoms. The molecule has 1 nitrogen and oxygen atoms in total. The van der Waals surface area contributed by atoms with E-state index >= 15 is 0 Å². The summed E-state index contributed by atoms with van der Waals surface area (Å²) in [7, 11) is 2.07. The predicted octanol–water partition coefficient (Wildman–Crippen LogP) is 3.30. The zero-order valence-electron chi connectivity index (χ0n) is 10.6. The fourth-order valence-electron chi connectivity index (χ4n) is 3.90. The Hall–Kier alpha value is -0.0400. The molecule has 2 bridgehead atoms. The van der Waals surface area contributed by atoms with E-state index in [1.807, 2.05) is 0 Å². The van der Waals surface area contributed by atoms with Gasteiger partial charge in [-0.2, -0.15) is 0 Å². The number of hydrogen-bond acceptors (Lipinski definition) is 1. The molecule has 0 aromatic carbocycles. The molecule has 2 rings (SSSR count). The maximum atomic E-state index is 3.31. The summed E-state index contributed by atoms with van der Waals surface area (Å²) in [6.45, 7) is 6.03. The standard InChI is InChI=1S/C14H27N/c1-10(11(2)9-15-3)6-14-8-12-4-5-13(14)7-12/h10-15H,4-9H2,1-3H3. The lowest BCUT2D eigenvalue weighted by atomic mass is 9.79. The largest absolute Gasteiger partial charge is 0.319 e. The molecule has 1 heteroatoms. The van der Waals surface area contributed by atoms with Gasteiger partial charge in [-0.25, -0.2) is 0 Å². The Bertz CT molecular complexity index is 202. The molecular weight excluding hydrogens is 182 g/mol. The minimum absolute atomic E-state index is 0.842. The fourth-order valence-corrected chi connectivity index (χ4v) is 3.90. The van der Waals surface area contributed by atoms with E-state index in [1.54, 1.807) is 25.7 Å². The molecule has 2 saturated carbocycles. The van der Waals surface area contributed by atoms with Gasteiger partial charge >= 0.3 is 0 Å². The molecule has 2 aliphatic carbocycles. The third-order valence-electron chi connectivity index (χ3n) is 5.06. The summed E-state index contributed by atoms with van der Waals surface area (Å²) in [5.74, 6) is 5.06. The van der Waals surface area contributed by atoms with E-state index < -0.39 is 0 Å². The summed E-state index contributed by atoms with van der Waals surface area (Å²) in [5.41, 5.74) is 0. The highest BCUT2D eigenvalue weighted by molar-refractivity contribution is 4.90. The molecule has 2 fully saturated rings. The smallest absolute Gasteiger partial charge is 0.00236 e. The average molecular weight is 209 g/mol. The Morgan fingerprint density at radius 3 is 2.47 bits per heavy atom. The van der Waals surface area contributed by atoms with Crippen LogP contribution in [0.1, 0.15) is 46.0 Å². The van der Waals surface area contributed by atoms with Crippen molar-refractivity contribution in [1.29, 1.82) is 0 Å². The van der Waals surface area contributed by atoms with Crippen molar-refractivity contribution in [3.8, 4) is 0 Å². The van der Waals surface area contributed by atoms with Crippen molar-refractivity contribution in [2.45, 2.75) is 46.0 Å². The number of nitrogens with one attached hydrogen (secondary N) is 1. The summed E-state index contributed by atoms with van der Waals surface area (Å²) in [6.07, 6.45) is 7.70. The second kappa shape index (κ2) is 4.86. The lowest BCUT2D eigenvalue weighted by molar-refractivity contribution is 0.235. The van der Waals surface area contributed by atoms with E-state index in [9.17, 15) is 0 Å². The predicted molar refractivity (Wildman–Crippen MR) is 65.8 cm³/mol.